The third-order valence-electron chi connectivity index (χ3n) is 4.25. The molecule has 0 spiro atoms. The molecule has 1 aliphatic carbocycles. The molecular formula is C16H22N2O3. The molecule has 1 saturated heterocycles. The zero-order valence-corrected chi connectivity index (χ0v) is 12.3. The van der Waals surface area contributed by atoms with E-state index < -0.39 is 0 Å². The van der Waals surface area contributed by atoms with Gasteiger partial charge in [0.25, 0.3) is 5.91 Å². The Morgan fingerprint density at radius 1 is 1.43 bits per heavy atom. The summed E-state index contributed by atoms with van der Waals surface area (Å²) in [4.78, 5) is 14.7. The van der Waals surface area contributed by atoms with Crippen LogP contribution in [0.1, 0.15) is 36.0 Å². The van der Waals surface area contributed by atoms with Crippen LogP contribution < -0.4 is 10.1 Å². The van der Waals surface area contributed by atoms with Crippen LogP contribution in [0.5, 0.6) is 11.5 Å². The van der Waals surface area contributed by atoms with Gasteiger partial charge in [0.05, 0.1) is 7.11 Å². The Bertz CT molecular complexity index is 522. The Kier molecular flexibility index (Phi) is 4.01. The van der Waals surface area contributed by atoms with Crippen molar-refractivity contribution in [2.45, 2.75) is 37.8 Å². The molecule has 1 aromatic carbocycles. The number of methoxy groups -OCH3 is 1. The van der Waals surface area contributed by atoms with Gasteiger partial charge in [-0.25, -0.2) is 0 Å². The summed E-state index contributed by atoms with van der Waals surface area (Å²) < 4.78 is 5.02. The fraction of sp³-hybridized carbons (Fsp3) is 0.562. The summed E-state index contributed by atoms with van der Waals surface area (Å²) in [7, 11) is 1.50. The topological polar surface area (TPSA) is 61.8 Å². The highest BCUT2D eigenvalue weighted by atomic mass is 16.5. The Hall–Kier alpha value is -1.75. The molecule has 2 fully saturated rings. The first-order valence-corrected chi connectivity index (χ1v) is 7.60. The van der Waals surface area contributed by atoms with Crippen LogP contribution in [-0.4, -0.2) is 48.2 Å². The van der Waals surface area contributed by atoms with E-state index in [1.165, 1.54) is 19.6 Å². The lowest BCUT2D eigenvalue weighted by molar-refractivity contribution is 0.0728. The maximum atomic E-state index is 12.7. The standard InChI is InChI=1S/C16H22N2O3/c1-21-15-7-4-11(9-14(15)19)16(20)18(13-5-6-13)10-12-3-2-8-17-12/h4,7,9,12-13,17,19H,2-3,5-6,8,10H2,1H3. The van der Waals surface area contributed by atoms with E-state index in [2.05, 4.69) is 5.32 Å². The number of hydrogen-bond donors (Lipinski definition) is 2. The molecular weight excluding hydrogens is 268 g/mol. The van der Waals surface area contributed by atoms with E-state index in [0.29, 0.717) is 23.4 Å². The number of benzene rings is 1. The number of nitrogens with one attached hydrogen (secondary N) is 1. The molecule has 1 unspecified atom stereocenters. The highest BCUT2D eigenvalue weighted by molar-refractivity contribution is 5.95. The molecule has 1 saturated carbocycles. The van der Waals surface area contributed by atoms with Crippen LogP contribution in [0.25, 0.3) is 0 Å². The van der Waals surface area contributed by atoms with E-state index in [-0.39, 0.29) is 11.7 Å². The van der Waals surface area contributed by atoms with Crippen LogP contribution in [0.4, 0.5) is 0 Å². The van der Waals surface area contributed by atoms with Crippen molar-refractivity contribution in [3.05, 3.63) is 23.8 Å². The number of ether oxygens (including phenoxy) is 1. The van der Waals surface area contributed by atoms with Crippen LogP contribution >= 0.6 is 0 Å². The molecule has 5 nitrogen and oxygen atoms in total. The first-order valence-electron chi connectivity index (χ1n) is 7.60. The van der Waals surface area contributed by atoms with Gasteiger partial charge in [0.2, 0.25) is 0 Å². The number of phenolic OH excluding ortho intramolecular Hbond substituents is 1. The van der Waals surface area contributed by atoms with Crippen LogP contribution in [0.3, 0.4) is 0 Å². The monoisotopic (exact) mass is 290 g/mol. The summed E-state index contributed by atoms with van der Waals surface area (Å²) in [5, 5.41) is 13.3. The molecule has 0 bridgehead atoms. The molecule has 1 aliphatic heterocycles. The van der Waals surface area contributed by atoms with E-state index in [4.69, 9.17) is 4.74 Å². The first kappa shape index (κ1) is 14.2. The van der Waals surface area contributed by atoms with Gasteiger partial charge in [-0.3, -0.25) is 4.79 Å². The summed E-state index contributed by atoms with van der Waals surface area (Å²) in [6.07, 6.45) is 4.48. The number of amides is 1. The first-order chi connectivity index (χ1) is 10.2. The highest BCUT2D eigenvalue weighted by Gasteiger charge is 2.35. The van der Waals surface area contributed by atoms with Crippen molar-refractivity contribution in [1.82, 2.24) is 10.2 Å². The van der Waals surface area contributed by atoms with Gasteiger partial charge >= 0.3 is 0 Å². The SMILES string of the molecule is COc1ccc(C(=O)N(CC2CCCN2)C2CC2)cc1O. The zero-order chi connectivity index (χ0) is 14.8. The number of rotatable bonds is 5. The Morgan fingerprint density at radius 3 is 2.81 bits per heavy atom. The minimum absolute atomic E-state index is 0.00385. The molecule has 21 heavy (non-hydrogen) atoms. The lowest BCUT2D eigenvalue weighted by Crippen LogP contribution is -2.42. The number of carbonyl (C=O) groups is 1. The van der Waals surface area contributed by atoms with Gasteiger partial charge in [0.15, 0.2) is 11.5 Å². The molecule has 114 valence electrons. The average Bonchev–Trinajstić information content (AvgIpc) is 3.20. The van der Waals surface area contributed by atoms with E-state index >= 15 is 0 Å². The van der Waals surface area contributed by atoms with Gasteiger partial charge < -0.3 is 20.1 Å². The molecule has 1 heterocycles. The molecule has 3 rings (SSSR count). The molecule has 1 atom stereocenters. The van der Waals surface area contributed by atoms with Crippen LogP contribution in [-0.2, 0) is 0 Å². The zero-order valence-electron chi connectivity index (χ0n) is 12.3. The summed E-state index contributed by atoms with van der Waals surface area (Å²) >= 11 is 0. The number of phenols is 1. The molecule has 1 aromatic rings. The third-order valence-corrected chi connectivity index (χ3v) is 4.25. The molecule has 5 heteroatoms. The quantitative estimate of drug-likeness (QED) is 0.867. The maximum Gasteiger partial charge on any atom is 0.254 e. The predicted octanol–water partition coefficient (Wildman–Crippen LogP) is 1.76. The van der Waals surface area contributed by atoms with Crippen molar-refractivity contribution < 1.29 is 14.6 Å². The average molecular weight is 290 g/mol. The molecule has 0 radical (unpaired) electrons. The minimum atomic E-state index is 0.00385. The lowest BCUT2D eigenvalue weighted by atomic mass is 10.1. The maximum absolute atomic E-state index is 12.7. The smallest absolute Gasteiger partial charge is 0.254 e. The molecule has 2 N–H and O–H groups in total. The second-order valence-electron chi connectivity index (χ2n) is 5.87. The fourth-order valence-electron chi connectivity index (χ4n) is 2.92. The summed E-state index contributed by atoms with van der Waals surface area (Å²) in [6.45, 7) is 1.80. The van der Waals surface area contributed by atoms with Gasteiger partial charge in [0, 0.05) is 24.2 Å². The van der Waals surface area contributed by atoms with Crippen molar-refractivity contribution in [1.29, 1.82) is 0 Å². The van der Waals surface area contributed by atoms with Gasteiger partial charge in [-0.1, -0.05) is 0 Å². The second-order valence-corrected chi connectivity index (χ2v) is 5.87. The van der Waals surface area contributed by atoms with Gasteiger partial charge in [0.1, 0.15) is 0 Å². The lowest BCUT2D eigenvalue weighted by Gasteiger charge is -2.26. The predicted molar refractivity (Wildman–Crippen MR) is 79.7 cm³/mol. The third kappa shape index (κ3) is 3.13. The van der Waals surface area contributed by atoms with Crippen molar-refractivity contribution in [2.24, 2.45) is 0 Å². The van der Waals surface area contributed by atoms with Crippen molar-refractivity contribution >= 4 is 5.91 Å². The molecule has 0 aromatic heterocycles. The molecule has 2 aliphatic rings. The highest BCUT2D eigenvalue weighted by Crippen LogP contribution is 2.31. The van der Waals surface area contributed by atoms with E-state index in [1.807, 2.05) is 4.90 Å². The van der Waals surface area contributed by atoms with Crippen molar-refractivity contribution in [3.63, 3.8) is 0 Å². The van der Waals surface area contributed by atoms with E-state index in [0.717, 1.165) is 32.4 Å². The van der Waals surface area contributed by atoms with E-state index in [9.17, 15) is 9.90 Å². The van der Waals surface area contributed by atoms with Crippen LogP contribution in [0.15, 0.2) is 18.2 Å². The molecule has 1 amide bonds. The van der Waals surface area contributed by atoms with Gasteiger partial charge in [-0.05, 0) is 50.4 Å². The Morgan fingerprint density at radius 2 is 2.24 bits per heavy atom. The Balaban J connectivity index is 1.75. The summed E-state index contributed by atoms with van der Waals surface area (Å²) in [6, 6.07) is 5.63. The van der Waals surface area contributed by atoms with Gasteiger partial charge in [-0.2, -0.15) is 0 Å². The second kappa shape index (κ2) is 5.93. The minimum Gasteiger partial charge on any atom is -0.504 e. The van der Waals surface area contributed by atoms with E-state index in [1.54, 1.807) is 12.1 Å². The van der Waals surface area contributed by atoms with Crippen LogP contribution in [0, 0.1) is 0 Å². The number of aromatic hydroxyl groups is 1. The number of carbonyl (C=O) groups excluding carboxylic acids is 1. The largest absolute Gasteiger partial charge is 0.504 e. The number of nitrogens with zero attached hydrogens (tertiary/aromatic N) is 1. The Labute approximate surface area is 124 Å². The van der Waals surface area contributed by atoms with Crippen molar-refractivity contribution in [2.75, 3.05) is 20.2 Å². The fourth-order valence-corrected chi connectivity index (χ4v) is 2.92. The summed E-state index contributed by atoms with van der Waals surface area (Å²) in [5.74, 6) is 0.407. The normalized spacial score (nSPS) is 21.3. The number of hydrogen-bond acceptors (Lipinski definition) is 4. The van der Waals surface area contributed by atoms with Crippen molar-refractivity contribution in [3.8, 4) is 11.5 Å². The van der Waals surface area contributed by atoms with Crippen LogP contribution in [0.2, 0.25) is 0 Å². The van der Waals surface area contributed by atoms with Gasteiger partial charge in [-0.15, -0.1) is 0 Å². The summed E-state index contributed by atoms with van der Waals surface area (Å²) in [5.41, 5.74) is 0.526.